The fourth-order valence-electron chi connectivity index (χ4n) is 3.43. The topological polar surface area (TPSA) is 151 Å². The largest absolute Gasteiger partial charge is 0.460 e. The average Bonchev–Trinajstić information content (AvgIpc) is 3.43. The van der Waals surface area contributed by atoms with E-state index in [1.807, 2.05) is 0 Å². The maximum absolute atomic E-state index is 12.9. The van der Waals surface area contributed by atoms with Crippen LogP contribution in [0, 0.1) is 0 Å². The number of nitrogens with one attached hydrogen (secondary N) is 3. The summed E-state index contributed by atoms with van der Waals surface area (Å²) in [6, 6.07) is 3.02. The number of carbonyl (C=O) groups excluding carboxylic acids is 4. The van der Waals surface area contributed by atoms with Gasteiger partial charge in [-0.05, 0) is 39.8 Å². The van der Waals surface area contributed by atoms with E-state index in [9.17, 15) is 19.2 Å². The maximum atomic E-state index is 12.9. The van der Waals surface area contributed by atoms with Gasteiger partial charge in [0.1, 0.15) is 17.0 Å². The van der Waals surface area contributed by atoms with Crippen LogP contribution in [0.3, 0.4) is 0 Å². The maximum Gasteiger partial charge on any atom is 0.412 e. The molecule has 0 radical (unpaired) electrons. The third kappa shape index (κ3) is 6.78. The highest BCUT2D eigenvalue weighted by atomic mass is 16.6. The number of aromatic nitrogens is 4. The number of esters is 1. The van der Waals surface area contributed by atoms with E-state index in [-0.39, 0.29) is 29.6 Å². The number of nitrogens with zero attached hydrogens (tertiary/aromatic N) is 4. The summed E-state index contributed by atoms with van der Waals surface area (Å²) >= 11 is 0. The standard InChI is InChI=1S/C24H31N7O6/c1-8-36-22(34)19-27-18(13-31(19)7)28-21(33)17-9-14(11-29(17)5)25-20(32)16-10-15(12-30(16)6)26-23(35)37-24(2,3)4/h9-13H,8H2,1-7H3,(H,25,32)(H,26,35)(H,28,33). The van der Waals surface area contributed by atoms with Gasteiger partial charge in [0.05, 0.1) is 18.0 Å². The van der Waals surface area contributed by atoms with Crippen LogP contribution in [-0.2, 0) is 30.6 Å². The highest BCUT2D eigenvalue weighted by molar-refractivity contribution is 6.07. The van der Waals surface area contributed by atoms with E-state index >= 15 is 0 Å². The Morgan fingerprint density at radius 1 is 0.838 bits per heavy atom. The summed E-state index contributed by atoms with van der Waals surface area (Å²) in [6.45, 7) is 7.15. The van der Waals surface area contributed by atoms with Gasteiger partial charge in [0.15, 0.2) is 5.82 Å². The average molecular weight is 514 g/mol. The molecule has 3 amide bonds. The Morgan fingerprint density at radius 2 is 1.38 bits per heavy atom. The molecular formula is C24H31N7O6. The number of amides is 3. The first-order valence-electron chi connectivity index (χ1n) is 11.4. The first kappa shape index (κ1) is 27.0. The van der Waals surface area contributed by atoms with Crippen molar-refractivity contribution in [2.24, 2.45) is 21.1 Å². The van der Waals surface area contributed by atoms with Gasteiger partial charge in [-0.15, -0.1) is 0 Å². The number of anilines is 3. The molecule has 3 heterocycles. The predicted octanol–water partition coefficient (Wildman–Crippen LogP) is 3.13. The minimum Gasteiger partial charge on any atom is -0.460 e. The Hall–Kier alpha value is -4.55. The van der Waals surface area contributed by atoms with Crippen LogP contribution in [0.1, 0.15) is 59.3 Å². The zero-order chi connectivity index (χ0) is 27.5. The van der Waals surface area contributed by atoms with Crippen molar-refractivity contribution in [3.8, 4) is 0 Å². The molecule has 3 aromatic rings. The molecule has 0 atom stereocenters. The number of aryl methyl sites for hydroxylation is 3. The van der Waals surface area contributed by atoms with Crippen LogP contribution in [0.5, 0.6) is 0 Å². The SMILES string of the molecule is CCOC(=O)c1nc(NC(=O)c2cc(NC(=O)c3cc(NC(=O)OC(C)(C)C)cn3C)cn2C)cn1C. The lowest BCUT2D eigenvalue weighted by atomic mass is 10.2. The second kappa shape index (κ2) is 10.6. The number of rotatable bonds is 7. The summed E-state index contributed by atoms with van der Waals surface area (Å²) in [5.74, 6) is -1.30. The molecule has 13 heteroatoms. The number of ether oxygens (including phenoxy) is 2. The fraction of sp³-hybridized carbons (Fsp3) is 0.375. The molecule has 0 saturated heterocycles. The lowest BCUT2D eigenvalue weighted by molar-refractivity contribution is 0.0507. The van der Waals surface area contributed by atoms with Gasteiger partial charge in [-0.2, -0.15) is 0 Å². The summed E-state index contributed by atoms with van der Waals surface area (Å²) in [5.41, 5.74) is 0.649. The van der Waals surface area contributed by atoms with E-state index in [1.54, 1.807) is 70.4 Å². The normalized spacial score (nSPS) is 11.1. The molecule has 0 saturated carbocycles. The van der Waals surface area contributed by atoms with E-state index in [2.05, 4.69) is 20.9 Å². The van der Waals surface area contributed by atoms with Crippen LogP contribution in [0.25, 0.3) is 0 Å². The van der Waals surface area contributed by atoms with Gasteiger partial charge >= 0.3 is 12.1 Å². The van der Waals surface area contributed by atoms with Crippen LogP contribution in [-0.4, -0.2) is 54.8 Å². The van der Waals surface area contributed by atoms with Crippen molar-refractivity contribution in [2.75, 3.05) is 22.6 Å². The smallest absolute Gasteiger partial charge is 0.412 e. The van der Waals surface area contributed by atoms with Gasteiger partial charge in [0, 0.05) is 39.7 Å². The molecule has 3 N–H and O–H groups in total. The van der Waals surface area contributed by atoms with Crippen molar-refractivity contribution in [1.29, 1.82) is 0 Å². The second-order valence-electron chi connectivity index (χ2n) is 9.27. The van der Waals surface area contributed by atoms with Gasteiger partial charge in [0.2, 0.25) is 5.82 Å². The molecule has 13 nitrogen and oxygen atoms in total. The van der Waals surface area contributed by atoms with E-state index in [4.69, 9.17) is 9.47 Å². The summed E-state index contributed by atoms with van der Waals surface area (Å²) in [6.07, 6.45) is 4.03. The molecule has 0 spiro atoms. The summed E-state index contributed by atoms with van der Waals surface area (Å²) < 4.78 is 14.7. The molecule has 0 aliphatic heterocycles. The van der Waals surface area contributed by atoms with E-state index in [0.29, 0.717) is 11.4 Å². The van der Waals surface area contributed by atoms with E-state index < -0.39 is 29.5 Å². The minimum absolute atomic E-state index is 0.0556. The summed E-state index contributed by atoms with van der Waals surface area (Å²) in [7, 11) is 4.93. The summed E-state index contributed by atoms with van der Waals surface area (Å²) in [5, 5.41) is 7.97. The Bertz CT molecular complexity index is 1340. The van der Waals surface area contributed by atoms with Crippen LogP contribution in [0.2, 0.25) is 0 Å². The Labute approximate surface area is 213 Å². The molecule has 198 valence electrons. The molecule has 0 aromatic carbocycles. The molecule has 0 aliphatic carbocycles. The Morgan fingerprint density at radius 3 is 1.92 bits per heavy atom. The van der Waals surface area contributed by atoms with Crippen molar-refractivity contribution >= 4 is 41.1 Å². The monoisotopic (exact) mass is 513 g/mol. The third-order valence-corrected chi connectivity index (χ3v) is 4.95. The Balaban J connectivity index is 1.68. The molecule has 0 unspecified atom stereocenters. The van der Waals surface area contributed by atoms with Crippen LogP contribution < -0.4 is 16.0 Å². The molecular weight excluding hydrogens is 482 g/mol. The van der Waals surface area contributed by atoms with Gasteiger partial charge in [-0.25, -0.2) is 14.6 Å². The molecule has 37 heavy (non-hydrogen) atoms. The van der Waals surface area contributed by atoms with Gasteiger partial charge in [-0.1, -0.05) is 0 Å². The van der Waals surface area contributed by atoms with Crippen molar-refractivity contribution in [2.45, 2.75) is 33.3 Å². The van der Waals surface area contributed by atoms with E-state index in [1.165, 1.54) is 22.9 Å². The van der Waals surface area contributed by atoms with Crippen LogP contribution >= 0.6 is 0 Å². The molecule has 3 rings (SSSR count). The highest BCUT2D eigenvalue weighted by Crippen LogP contribution is 2.19. The molecule has 0 bridgehead atoms. The number of hydrogen-bond donors (Lipinski definition) is 3. The molecule has 0 fully saturated rings. The number of hydrogen-bond acceptors (Lipinski definition) is 7. The first-order chi connectivity index (χ1) is 17.3. The van der Waals surface area contributed by atoms with Crippen LogP contribution in [0.4, 0.5) is 22.0 Å². The van der Waals surface area contributed by atoms with Crippen molar-refractivity contribution in [1.82, 2.24) is 18.7 Å². The number of carbonyl (C=O) groups is 4. The lowest BCUT2D eigenvalue weighted by Crippen LogP contribution is -2.27. The van der Waals surface area contributed by atoms with Crippen molar-refractivity contribution < 1.29 is 28.7 Å². The molecule has 3 aromatic heterocycles. The number of imidazole rings is 1. The van der Waals surface area contributed by atoms with E-state index in [0.717, 1.165) is 0 Å². The zero-order valence-corrected chi connectivity index (χ0v) is 21.8. The summed E-state index contributed by atoms with van der Waals surface area (Å²) in [4.78, 5) is 53.7. The fourth-order valence-corrected chi connectivity index (χ4v) is 3.43. The minimum atomic E-state index is -0.657. The van der Waals surface area contributed by atoms with Crippen molar-refractivity contribution in [3.63, 3.8) is 0 Å². The second-order valence-corrected chi connectivity index (χ2v) is 9.27. The van der Waals surface area contributed by atoms with Gasteiger partial charge in [-0.3, -0.25) is 14.9 Å². The highest BCUT2D eigenvalue weighted by Gasteiger charge is 2.21. The Kier molecular flexibility index (Phi) is 7.75. The molecule has 0 aliphatic rings. The third-order valence-electron chi connectivity index (χ3n) is 4.95. The van der Waals surface area contributed by atoms with Crippen LogP contribution in [0.15, 0.2) is 30.7 Å². The van der Waals surface area contributed by atoms with Gasteiger partial charge in [0.25, 0.3) is 11.8 Å². The first-order valence-corrected chi connectivity index (χ1v) is 11.4. The predicted molar refractivity (Wildman–Crippen MR) is 136 cm³/mol. The van der Waals surface area contributed by atoms with Gasteiger partial charge < -0.3 is 33.8 Å². The lowest BCUT2D eigenvalue weighted by Gasteiger charge is -2.19. The van der Waals surface area contributed by atoms with Crippen molar-refractivity contribution in [3.05, 3.63) is 47.9 Å². The zero-order valence-electron chi connectivity index (χ0n) is 21.8. The quantitative estimate of drug-likeness (QED) is 0.411.